The van der Waals surface area contributed by atoms with E-state index in [1.165, 1.54) is 0 Å². The predicted molar refractivity (Wildman–Crippen MR) is 83.2 cm³/mol. The van der Waals surface area contributed by atoms with E-state index >= 15 is 0 Å². The highest BCUT2D eigenvalue weighted by Crippen LogP contribution is 2.32. The minimum absolute atomic E-state index is 0.0190. The molecule has 1 aliphatic rings. The summed E-state index contributed by atoms with van der Waals surface area (Å²) in [6, 6.07) is -0.374. The molecule has 0 aromatic carbocycles. The van der Waals surface area contributed by atoms with Crippen molar-refractivity contribution in [1.82, 2.24) is 10.6 Å². The van der Waals surface area contributed by atoms with Gasteiger partial charge < -0.3 is 15.7 Å². The van der Waals surface area contributed by atoms with Gasteiger partial charge in [0.2, 0.25) is 0 Å². The van der Waals surface area contributed by atoms with Gasteiger partial charge in [-0.3, -0.25) is 0 Å². The molecule has 2 amide bonds. The van der Waals surface area contributed by atoms with Crippen molar-refractivity contribution in [2.75, 3.05) is 6.54 Å². The molecule has 0 spiro atoms. The summed E-state index contributed by atoms with van der Waals surface area (Å²) in [6.45, 7) is 11.1. The lowest BCUT2D eigenvalue weighted by molar-refractivity contribution is -0.146. The summed E-state index contributed by atoms with van der Waals surface area (Å²) in [4.78, 5) is 23.7. The van der Waals surface area contributed by atoms with Crippen molar-refractivity contribution in [2.24, 2.45) is 17.3 Å². The zero-order chi connectivity index (χ0) is 16.3. The minimum atomic E-state index is -1.10. The zero-order valence-electron chi connectivity index (χ0n) is 14.0. The molecule has 0 aromatic rings. The molecule has 1 fully saturated rings. The molecule has 0 saturated heterocycles. The first-order valence-electron chi connectivity index (χ1n) is 7.88. The average molecular weight is 298 g/mol. The molecule has 1 saturated carbocycles. The van der Waals surface area contributed by atoms with E-state index in [2.05, 4.69) is 45.3 Å². The second kappa shape index (κ2) is 6.67. The second-order valence-electron chi connectivity index (χ2n) is 7.52. The van der Waals surface area contributed by atoms with E-state index in [1.54, 1.807) is 0 Å². The first-order valence-corrected chi connectivity index (χ1v) is 7.88. The van der Waals surface area contributed by atoms with Crippen LogP contribution in [0.3, 0.4) is 0 Å². The van der Waals surface area contributed by atoms with Crippen molar-refractivity contribution in [2.45, 2.75) is 65.8 Å². The Balaban J connectivity index is 2.60. The van der Waals surface area contributed by atoms with E-state index in [0.29, 0.717) is 31.2 Å². The molecule has 5 nitrogen and oxygen atoms in total. The number of hydrogen-bond acceptors (Lipinski definition) is 2. The number of aliphatic carboxylic acids is 1. The first-order chi connectivity index (χ1) is 9.59. The van der Waals surface area contributed by atoms with Gasteiger partial charge in [0, 0.05) is 6.54 Å². The third kappa shape index (κ3) is 4.61. The van der Waals surface area contributed by atoms with Crippen LogP contribution in [0.4, 0.5) is 4.79 Å². The molecule has 3 N–H and O–H groups in total. The van der Waals surface area contributed by atoms with Gasteiger partial charge in [-0.25, -0.2) is 9.59 Å². The van der Waals surface area contributed by atoms with Crippen LogP contribution in [0.2, 0.25) is 0 Å². The van der Waals surface area contributed by atoms with Gasteiger partial charge in [-0.2, -0.15) is 0 Å². The third-order valence-electron chi connectivity index (χ3n) is 5.16. The summed E-state index contributed by atoms with van der Waals surface area (Å²) in [7, 11) is 0. The van der Waals surface area contributed by atoms with Crippen LogP contribution in [0, 0.1) is 17.3 Å². The van der Waals surface area contributed by atoms with Gasteiger partial charge >= 0.3 is 12.0 Å². The molecule has 0 bridgehead atoms. The van der Waals surface area contributed by atoms with E-state index in [-0.39, 0.29) is 11.4 Å². The number of carbonyl (C=O) groups is 2. The maximum Gasteiger partial charge on any atom is 0.329 e. The molecule has 0 unspecified atom stereocenters. The Morgan fingerprint density at radius 1 is 1.29 bits per heavy atom. The lowest BCUT2D eigenvalue weighted by Crippen LogP contribution is -2.59. The van der Waals surface area contributed by atoms with E-state index in [4.69, 9.17) is 0 Å². The maximum absolute atomic E-state index is 12.1. The summed E-state index contributed by atoms with van der Waals surface area (Å²) < 4.78 is 0. The Hall–Kier alpha value is -1.26. The number of rotatable bonds is 5. The number of carboxylic acid groups (broad SMARTS) is 1. The van der Waals surface area contributed by atoms with Gasteiger partial charge in [-0.15, -0.1) is 0 Å². The van der Waals surface area contributed by atoms with E-state index in [1.807, 2.05) is 0 Å². The van der Waals surface area contributed by atoms with Crippen LogP contribution < -0.4 is 10.6 Å². The van der Waals surface area contributed by atoms with Gasteiger partial charge in [0.25, 0.3) is 0 Å². The van der Waals surface area contributed by atoms with Crippen LogP contribution in [-0.2, 0) is 4.79 Å². The fraction of sp³-hybridized carbons (Fsp3) is 0.875. The summed E-state index contributed by atoms with van der Waals surface area (Å²) in [6.07, 6.45) is 2.68. The van der Waals surface area contributed by atoms with Crippen molar-refractivity contribution in [3.05, 3.63) is 0 Å². The van der Waals surface area contributed by atoms with E-state index in [9.17, 15) is 14.7 Å². The normalized spacial score (nSPS) is 26.5. The molecular weight excluding hydrogens is 268 g/mol. The third-order valence-corrected chi connectivity index (χ3v) is 5.16. The van der Waals surface area contributed by atoms with Crippen molar-refractivity contribution in [3.63, 3.8) is 0 Å². The van der Waals surface area contributed by atoms with Crippen molar-refractivity contribution in [3.8, 4) is 0 Å². The highest BCUT2D eigenvalue weighted by molar-refractivity contribution is 5.86. The highest BCUT2D eigenvalue weighted by Gasteiger charge is 2.42. The van der Waals surface area contributed by atoms with Gasteiger partial charge in [-0.1, -0.05) is 34.6 Å². The standard InChI is InChI=1S/C16H30N2O3/c1-11(2)15(4,5)10-17-14(21)18-16(13(19)20)8-6-12(3)7-9-16/h11-12H,6-10H2,1-5H3,(H,19,20)(H2,17,18,21). The van der Waals surface area contributed by atoms with Crippen LogP contribution in [0.25, 0.3) is 0 Å². The molecule has 0 radical (unpaired) electrons. The Bertz CT molecular complexity index is 383. The largest absolute Gasteiger partial charge is 0.480 e. The van der Waals surface area contributed by atoms with Crippen LogP contribution in [0.5, 0.6) is 0 Å². The molecule has 0 heterocycles. The van der Waals surface area contributed by atoms with Crippen molar-refractivity contribution >= 4 is 12.0 Å². The number of urea groups is 1. The SMILES string of the molecule is CC1CCC(NC(=O)NCC(C)(C)C(C)C)(C(=O)O)CC1. The molecular formula is C16H30N2O3. The van der Waals surface area contributed by atoms with E-state index < -0.39 is 11.5 Å². The Morgan fingerprint density at radius 3 is 2.24 bits per heavy atom. The van der Waals surface area contributed by atoms with Crippen LogP contribution in [0.1, 0.15) is 60.3 Å². The number of carboxylic acids is 1. The number of nitrogens with one attached hydrogen (secondary N) is 2. The molecule has 0 atom stereocenters. The summed E-state index contributed by atoms with van der Waals surface area (Å²) in [5.41, 5.74) is -1.12. The van der Waals surface area contributed by atoms with Gasteiger partial charge in [-0.05, 0) is 42.9 Å². The van der Waals surface area contributed by atoms with Crippen LogP contribution >= 0.6 is 0 Å². The summed E-state index contributed by atoms with van der Waals surface area (Å²) in [5, 5.41) is 15.0. The Kier molecular flexibility index (Phi) is 5.65. The van der Waals surface area contributed by atoms with Crippen LogP contribution in [0.15, 0.2) is 0 Å². The lowest BCUT2D eigenvalue weighted by Gasteiger charge is -2.37. The fourth-order valence-corrected chi connectivity index (χ4v) is 2.42. The number of carbonyl (C=O) groups excluding carboxylic acids is 1. The molecule has 0 aromatic heterocycles. The Labute approximate surface area is 127 Å². The van der Waals surface area contributed by atoms with Gasteiger partial charge in [0.15, 0.2) is 0 Å². The average Bonchev–Trinajstić information content (AvgIpc) is 2.39. The molecule has 0 aliphatic heterocycles. The van der Waals surface area contributed by atoms with E-state index in [0.717, 1.165) is 12.8 Å². The summed E-state index contributed by atoms with van der Waals surface area (Å²) >= 11 is 0. The lowest BCUT2D eigenvalue weighted by atomic mass is 9.77. The first kappa shape index (κ1) is 17.8. The molecule has 122 valence electrons. The number of hydrogen-bond donors (Lipinski definition) is 3. The molecule has 1 aliphatic carbocycles. The van der Waals surface area contributed by atoms with Crippen molar-refractivity contribution < 1.29 is 14.7 Å². The molecule has 1 rings (SSSR count). The predicted octanol–water partition coefficient (Wildman–Crippen LogP) is 3.00. The van der Waals surface area contributed by atoms with Gasteiger partial charge in [0.05, 0.1) is 0 Å². The fourth-order valence-electron chi connectivity index (χ4n) is 2.42. The Morgan fingerprint density at radius 2 is 1.81 bits per heavy atom. The topological polar surface area (TPSA) is 78.4 Å². The van der Waals surface area contributed by atoms with Crippen molar-refractivity contribution in [1.29, 1.82) is 0 Å². The zero-order valence-corrected chi connectivity index (χ0v) is 14.0. The quantitative estimate of drug-likeness (QED) is 0.730. The second-order valence-corrected chi connectivity index (χ2v) is 7.52. The molecule has 21 heavy (non-hydrogen) atoms. The highest BCUT2D eigenvalue weighted by atomic mass is 16.4. The minimum Gasteiger partial charge on any atom is -0.480 e. The smallest absolute Gasteiger partial charge is 0.329 e. The molecule has 5 heteroatoms. The van der Waals surface area contributed by atoms with Gasteiger partial charge in [0.1, 0.15) is 5.54 Å². The number of amides is 2. The summed E-state index contributed by atoms with van der Waals surface area (Å²) in [5.74, 6) is 0.0386. The maximum atomic E-state index is 12.1. The van der Waals surface area contributed by atoms with Crippen LogP contribution in [-0.4, -0.2) is 29.2 Å². The monoisotopic (exact) mass is 298 g/mol.